The average Bonchev–Trinajstić information content (AvgIpc) is 2.81. The third kappa shape index (κ3) is 4.04. The van der Waals surface area contributed by atoms with Crippen molar-refractivity contribution in [3.63, 3.8) is 0 Å². The lowest BCUT2D eigenvalue weighted by Crippen LogP contribution is -2.36. The molecule has 1 aromatic carbocycles. The smallest absolute Gasteiger partial charge is 0.136 e. The molecule has 5 rings (SSSR count). The monoisotopic (exact) mass is 390 g/mol. The Kier molecular flexibility index (Phi) is 5.28. The van der Waals surface area contributed by atoms with Gasteiger partial charge >= 0.3 is 0 Å². The Morgan fingerprint density at radius 3 is 2.66 bits per heavy atom. The molecule has 0 unspecified atom stereocenters. The van der Waals surface area contributed by atoms with Crippen LogP contribution < -0.4 is 10.2 Å². The summed E-state index contributed by atoms with van der Waals surface area (Å²) in [5, 5.41) is 3.56. The summed E-state index contributed by atoms with van der Waals surface area (Å²) in [6.07, 6.45) is 5.92. The molecule has 2 aromatic rings. The maximum Gasteiger partial charge on any atom is 0.136 e. The van der Waals surface area contributed by atoms with Gasteiger partial charge in [-0.15, -0.1) is 0 Å². The highest BCUT2D eigenvalue weighted by Gasteiger charge is 2.18. The number of aliphatic imine (C=N–C) groups is 1. The summed E-state index contributed by atoms with van der Waals surface area (Å²) in [5.74, 6) is 0.917. The molecule has 1 fully saturated rings. The molecule has 0 aliphatic carbocycles. The number of nitrogens with one attached hydrogen (secondary N) is 1. The van der Waals surface area contributed by atoms with Crippen LogP contribution in [0.2, 0.25) is 0 Å². The molecule has 1 saturated heterocycles. The second kappa shape index (κ2) is 8.35. The Morgan fingerprint density at radius 1 is 1.00 bits per heavy atom. The summed E-state index contributed by atoms with van der Waals surface area (Å²) in [6, 6.07) is 10.8. The normalized spacial score (nSPS) is 18.9. The lowest BCUT2D eigenvalue weighted by atomic mass is 9.98. The van der Waals surface area contributed by atoms with Gasteiger partial charge in [-0.25, -0.2) is 4.98 Å². The summed E-state index contributed by atoms with van der Waals surface area (Å²) < 4.78 is 10.9. The molecule has 0 atom stereocenters. The van der Waals surface area contributed by atoms with E-state index in [4.69, 9.17) is 14.5 Å². The molecule has 6 nitrogen and oxygen atoms in total. The number of hydrogen-bond donors (Lipinski definition) is 1. The summed E-state index contributed by atoms with van der Waals surface area (Å²) in [4.78, 5) is 11.8. The van der Waals surface area contributed by atoms with Crippen LogP contribution >= 0.6 is 0 Å². The molecule has 150 valence electrons. The van der Waals surface area contributed by atoms with E-state index in [0.29, 0.717) is 13.2 Å². The van der Waals surface area contributed by atoms with E-state index in [2.05, 4.69) is 51.6 Å². The van der Waals surface area contributed by atoms with Gasteiger partial charge in [-0.2, -0.15) is 0 Å². The first-order valence-electron chi connectivity index (χ1n) is 10.3. The fourth-order valence-corrected chi connectivity index (χ4v) is 4.04. The van der Waals surface area contributed by atoms with E-state index in [1.54, 1.807) is 0 Å². The van der Waals surface area contributed by atoms with Gasteiger partial charge in [0.25, 0.3) is 0 Å². The van der Waals surface area contributed by atoms with Crippen molar-refractivity contribution in [1.82, 2.24) is 4.98 Å². The number of benzene rings is 1. The second-order valence-electron chi connectivity index (χ2n) is 7.55. The Morgan fingerprint density at radius 2 is 1.86 bits per heavy atom. The highest BCUT2D eigenvalue weighted by atomic mass is 16.5. The van der Waals surface area contributed by atoms with Crippen molar-refractivity contribution in [2.24, 2.45) is 4.99 Å². The van der Waals surface area contributed by atoms with Crippen LogP contribution in [-0.2, 0) is 22.4 Å². The molecular formula is C23H26N4O2. The van der Waals surface area contributed by atoms with Gasteiger partial charge in [0.2, 0.25) is 0 Å². The standard InChI is InChI=1S/C23H26N4O2/c1-3-20(27-9-13-29-14-10-27)4-2-19(1)25-23-21-16-24-8-5-18(21)15-22(26-23)17-6-11-28-12-7-17/h1-4,6,8,15H,5,7,9-14,16H2,(H,25,26). The summed E-state index contributed by atoms with van der Waals surface area (Å²) in [7, 11) is 0. The second-order valence-corrected chi connectivity index (χ2v) is 7.55. The van der Waals surface area contributed by atoms with Gasteiger partial charge < -0.3 is 19.7 Å². The molecule has 6 heteroatoms. The van der Waals surface area contributed by atoms with Crippen molar-refractivity contribution < 1.29 is 9.47 Å². The molecule has 4 heterocycles. The van der Waals surface area contributed by atoms with Crippen LogP contribution in [0.1, 0.15) is 23.2 Å². The molecule has 0 amide bonds. The third-order valence-electron chi connectivity index (χ3n) is 5.70. The van der Waals surface area contributed by atoms with Crippen LogP contribution in [0.25, 0.3) is 5.57 Å². The molecule has 0 saturated carbocycles. The predicted octanol–water partition coefficient (Wildman–Crippen LogP) is 3.59. The Bertz CT molecular complexity index is 931. The number of morpholine rings is 1. The van der Waals surface area contributed by atoms with Gasteiger partial charge in [0.1, 0.15) is 5.82 Å². The van der Waals surface area contributed by atoms with Gasteiger partial charge in [0, 0.05) is 42.7 Å². The Labute approximate surface area is 171 Å². The lowest BCUT2D eigenvalue weighted by Gasteiger charge is -2.29. The minimum absolute atomic E-state index is 0.668. The summed E-state index contributed by atoms with van der Waals surface area (Å²) in [6.45, 7) is 5.59. The van der Waals surface area contributed by atoms with E-state index in [9.17, 15) is 0 Å². The van der Waals surface area contributed by atoms with Crippen molar-refractivity contribution in [3.05, 3.63) is 53.2 Å². The number of pyridine rings is 1. The summed E-state index contributed by atoms with van der Waals surface area (Å²) in [5.41, 5.74) is 7.11. The summed E-state index contributed by atoms with van der Waals surface area (Å²) >= 11 is 0. The van der Waals surface area contributed by atoms with Crippen molar-refractivity contribution in [3.8, 4) is 0 Å². The number of rotatable bonds is 4. The van der Waals surface area contributed by atoms with Crippen LogP contribution in [-0.4, -0.2) is 50.7 Å². The molecule has 0 bridgehead atoms. The van der Waals surface area contributed by atoms with Gasteiger partial charge in [-0.05, 0) is 47.9 Å². The van der Waals surface area contributed by atoms with E-state index >= 15 is 0 Å². The minimum atomic E-state index is 0.668. The zero-order valence-electron chi connectivity index (χ0n) is 16.6. The third-order valence-corrected chi connectivity index (χ3v) is 5.70. The zero-order chi connectivity index (χ0) is 19.5. The van der Waals surface area contributed by atoms with Crippen molar-refractivity contribution in [2.45, 2.75) is 19.4 Å². The lowest BCUT2D eigenvalue weighted by molar-refractivity contribution is 0.122. The number of nitrogens with zero attached hydrogens (tertiary/aromatic N) is 3. The maximum absolute atomic E-state index is 5.47. The Balaban J connectivity index is 1.42. The fourth-order valence-electron chi connectivity index (χ4n) is 4.04. The van der Waals surface area contributed by atoms with Crippen LogP contribution in [0.3, 0.4) is 0 Å². The first-order valence-corrected chi connectivity index (χ1v) is 10.3. The highest BCUT2D eigenvalue weighted by Crippen LogP contribution is 2.30. The van der Waals surface area contributed by atoms with Crippen LogP contribution in [0.4, 0.5) is 17.2 Å². The number of fused-ring (bicyclic) bond motifs is 1. The molecule has 3 aliphatic heterocycles. The van der Waals surface area contributed by atoms with Gasteiger partial charge in [-0.1, -0.05) is 6.08 Å². The van der Waals surface area contributed by atoms with Gasteiger partial charge in [0.15, 0.2) is 0 Å². The number of hydrogen-bond acceptors (Lipinski definition) is 6. The first-order chi connectivity index (χ1) is 14.4. The van der Waals surface area contributed by atoms with Gasteiger partial charge in [-0.3, -0.25) is 4.99 Å². The van der Waals surface area contributed by atoms with E-state index in [1.807, 2.05) is 6.21 Å². The van der Waals surface area contributed by atoms with Crippen molar-refractivity contribution in [2.75, 3.05) is 49.7 Å². The van der Waals surface area contributed by atoms with E-state index < -0.39 is 0 Å². The van der Waals surface area contributed by atoms with Crippen LogP contribution in [0.15, 0.2) is 41.4 Å². The number of ether oxygens (including phenoxy) is 2. The van der Waals surface area contributed by atoms with Crippen molar-refractivity contribution >= 4 is 29.0 Å². The van der Waals surface area contributed by atoms with E-state index in [1.165, 1.54) is 22.4 Å². The SMILES string of the molecule is C1=NCc2c(cc(C3=CCOCC3)nc2Nc2ccc(N3CCOCC3)cc2)C1. The average molecular weight is 390 g/mol. The molecule has 0 spiro atoms. The number of aromatic nitrogens is 1. The molecule has 3 aliphatic rings. The molecule has 1 N–H and O–H groups in total. The van der Waals surface area contributed by atoms with Gasteiger partial charge in [0.05, 0.1) is 38.7 Å². The highest BCUT2D eigenvalue weighted by molar-refractivity contribution is 5.74. The van der Waals surface area contributed by atoms with Crippen LogP contribution in [0.5, 0.6) is 0 Å². The quantitative estimate of drug-likeness (QED) is 0.865. The first kappa shape index (κ1) is 18.3. The molecule has 0 radical (unpaired) electrons. The molecule has 29 heavy (non-hydrogen) atoms. The largest absolute Gasteiger partial charge is 0.378 e. The predicted molar refractivity (Wildman–Crippen MR) is 116 cm³/mol. The fraction of sp³-hybridized carbons (Fsp3) is 0.391. The number of anilines is 3. The molecule has 1 aromatic heterocycles. The van der Waals surface area contributed by atoms with E-state index in [-0.39, 0.29) is 0 Å². The molecular weight excluding hydrogens is 364 g/mol. The van der Waals surface area contributed by atoms with E-state index in [0.717, 1.165) is 63.0 Å². The maximum atomic E-state index is 5.47. The Hall–Kier alpha value is -2.70. The topological polar surface area (TPSA) is 59.0 Å². The van der Waals surface area contributed by atoms with Crippen molar-refractivity contribution in [1.29, 1.82) is 0 Å². The van der Waals surface area contributed by atoms with Crippen LogP contribution in [0, 0.1) is 0 Å². The zero-order valence-corrected chi connectivity index (χ0v) is 16.6. The minimum Gasteiger partial charge on any atom is -0.378 e.